The molecule has 0 aliphatic heterocycles. The van der Waals surface area contributed by atoms with Crippen molar-refractivity contribution in [3.63, 3.8) is 0 Å². The molecule has 1 N–H and O–H groups in total. The Morgan fingerprint density at radius 2 is 2.05 bits per heavy atom. The highest BCUT2D eigenvalue weighted by Crippen LogP contribution is 2.31. The number of aryl methyl sites for hydroxylation is 3. The fourth-order valence-corrected chi connectivity index (χ4v) is 2.97. The lowest BCUT2D eigenvalue weighted by Gasteiger charge is -2.09. The van der Waals surface area contributed by atoms with Crippen molar-refractivity contribution >= 4 is 16.6 Å². The number of aromatic nitrogens is 5. The SMILES string of the molecule is CCc1nc2c(-c3cc(C)c4[nH]ncc4c3)c(C)ccn2n1. The Hall–Kier alpha value is -2.69. The highest BCUT2D eigenvalue weighted by atomic mass is 15.3. The van der Waals surface area contributed by atoms with Crippen LogP contribution < -0.4 is 0 Å². The number of H-pyrrole nitrogens is 1. The zero-order valence-electron chi connectivity index (χ0n) is 12.9. The highest BCUT2D eigenvalue weighted by molar-refractivity contribution is 5.90. The van der Waals surface area contributed by atoms with Crippen LogP contribution in [0.4, 0.5) is 0 Å². The van der Waals surface area contributed by atoms with Gasteiger partial charge in [-0.2, -0.15) is 10.2 Å². The van der Waals surface area contributed by atoms with E-state index in [1.54, 1.807) is 0 Å². The van der Waals surface area contributed by atoms with Crippen molar-refractivity contribution in [1.82, 2.24) is 24.8 Å². The van der Waals surface area contributed by atoms with E-state index in [2.05, 4.69) is 54.3 Å². The van der Waals surface area contributed by atoms with Gasteiger partial charge in [-0.1, -0.05) is 6.92 Å². The van der Waals surface area contributed by atoms with Gasteiger partial charge in [-0.3, -0.25) is 5.10 Å². The van der Waals surface area contributed by atoms with E-state index in [1.807, 2.05) is 16.9 Å². The van der Waals surface area contributed by atoms with Gasteiger partial charge in [0.25, 0.3) is 0 Å². The van der Waals surface area contributed by atoms with Crippen molar-refractivity contribution in [3.05, 3.63) is 47.5 Å². The molecule has 1 aromatic carbocycles. The third-order valence-corrected chi connectivity index (χ3v) is 4.11. The van der Waals surface area contributed by atoms with E-state index < -0.39 is 0 Å². The van der Waals surface area contributed by atoms with E-state index in [9.17, 15) is 0 Å². The summed E-state index contributed by atoms with van der Waals surface area (Å²) in [5.41, 5.74) is 6.68. The zero-order chi connectivity index (χ0) is 15.3. The second-order valence-corrected chi connectivity index (χ2v) is 5.65. The van der Waals surface area contributed by atoms with Gasteiger partial charge in [0.05, 0.1) is 11.7 Å². The average molecular weight is 291 g/mol. The summed E-state index contributed by atoms with van der Waals surface area (Å²) in [5.74, 6) is 0.868. The minimum atomic E-state index is 0.833. The average Bonchev–Trinajstić information content (AvgIpc) is 3.12. The summed E-state index contributed by atoms with van der Waals surface area (Å²) in [6.07, 6.45) is 4.67. The van der Waals surface area contributed by atoms with Gasteiger partial charge >= 0.3 is 0 Å². The van der Waals surface area contributed by atoms with Gasteiger partial charge < -0.3 is 0 Å². The van der Waals surface area contributed by atoms with E-state index in [-0.39, 0.29) is 0 Å². The van der Waals surface area contributed by atoms with Gasteiger partial charge in [0.1, 0.15) is 0 Å². The normalized spacial score (nSPS) is 11.6. The molecule has 4 aromatic rings. The van der Waals surface area contributed by atoms with Crippen molar-refractivity contribution in [2.45, 2.75) is 27.2 Å². The van der Waals surface area contributed by atoms with Crippen LogP contribution in [0.3, 0.4) is 0 Å². The van der Waals surface area contributed by atoms with E-state index in [0.29, 0.717) is 0 Å². The predicted octanol–water partition coefficient (Wildman–Crippen LogP) is 3.45. The van der Waals surface area contributed by atoms with Gasteiger partial charge in [0.2, 0.25) is 0 Å². The van der Waals surface area contributed by atoms with E-state index >= 15 is 0 Å². The van der Waals surface area contributed by atoms with Crippen molar-refractivity contribution in [2.75, 3.05) is 0 Å². The first-order chi connectivity index (χ1) is 10.7. The van der Waals surface area contributed by atoms with Crippen LogP contribution in [0.2, 0.25) is 0 Å². The van der Waals surface area contributed by atoms with Crippen LogP contribution in [0, 0.1) is 13.8 Å². The van der Waals surface area contributed by atoms with Crippen LogP contribution in [0.25, 0.3) is 27.7 Å². The zero-order valence-corrected chi connectivity index (χ0v) is 12.9. The third-order valence-electron chi connectivity index (χ3n) is 4.11. The highest BCUT2D eigenvalue weighted by Gasteiger charge is 2.13. The van der Waals surface area contributed by atoms with Crippen LogP contribution in [-0.2, 0) is 6.42 Å². The standard InChI is InChI=1S/C17H17N5/c1-4-14-19-17-15(10(2)5-6-22(17)21-14)12-7-11(3)16-13(8-12)9-18-20-16/h5-9H,4H2,1-3H3,(H,18,20). The molecule has 3 aromatic heterocycles. The second kappa shape index (κ2) is 4.66. The molecule has 0 aliphatic rings. The van der Waals surface area contributed by atoms with Crippen molar-refractivity contribution < 1.29 is 0 Å². The number of nitrogens with zero attached hydrogens (tertiary/aromatic N) is 4. The minimum Gasteiger partial charge on any atom is -0.278 e. The number of rotatable bonds is 2. The molecule has 0 aliphatic carbocycles. The maximum absolute atomic E-state index is 4.69. The lowest BCUT2D eigenvalue weighted by atomic mass is 9.98. The summed E-state index contributed by atoms with van der Waals surface area (Å²) in [5, 5.41) is 12.8. The van der Waals surface area contributed by atoms with Crippen LogP contribution in [0.5, 0.6) is 0 Å². The molecule has 5 heteroatoms. The summed E-state index contributed by atoms with van der Waals surface area (Å²) in [7, 11) is 0. The first-order valence-corrected chi connectivity index (χ1v) is 7.46. The van der Waals surface area contributed by atoms with E-state index in [4.69, 9.17) is 4.98 Å². The second-order valence-electron chi connectivity index (χ2n) is 5.65. The smallest absolute Gasteiger partial charge is 0.163 e. The van der Waals surface area contributed by atoms with Crippen LogP contribution in [0.15, 0.2) is 30.6 Å². The maximum Gasteiger partial charge on any atom is 0.163 e. The molecule has 0 saturated carbocycles. The summed E-state index contributed by atoms with van der Waals surface area (Å²) in [6.45, 7) is 6.29. The third kappa shape index (κ3) is 1.82. The molecule has 0 spiro atoms. The fraction of sp³-hybridized carbons (Fsp3) is 0.235. The van der Waals surface area contributed by atoms with E-state index in [0.717, 1.165) is 39.9 Å². The molecule has 0 unspecified atom stereocenters. The number of pyridine rings is 1. The lowest BCUT2D eigenvalue weighted by molar-refractivity contribution is 0.885. The maximum atomic E-state index is 4.69. The first-order valence-electron chi connectivity index (χ1n) is 7.46. The Labute approximate surface area is 128 Å². The number of fused-ring (bicyclic) bond motifs is 2. The van der Waals surface area contributed by atoms with Gasteiger partial charge in [0, 0.05) is 23.6 Å². The molecule has 0 atom stereocenters. The number of aromatic amines is 1. The van der Waals surface area contributed by atoms with Gasteiger partial charge in [-0.25, -0.2) is 9.50 Å². The lowest BCUT2D eigenvalue weighted by Crippen LogP contribution is -1.94. The quantitative estimate of drug-likeness (QED) is 0.615. The Morgan fingerprint density at radius 1 is 1.18 bits per heavy atom. The van der Waals surface area contributed by atoms with Crippen LogP contribution >= 0.6 is 0 Å². The van der Waals surface area contributed by atoms with Crippen LogP contribution in [-0.4, -0.2) is 24.8 Å². The minimum absolute atomic E-state index is 0.833. The molecule has 0 amide bonds. The molecule has 0 saturated heterocycles. The topological polar surface area (TPSA) is 58.9 Å². The van der Waals surface area contributed by atoms with Crippen LogP contribution in [0.1, 0.15) is 23.9 Å². The molecule has 3 heterocycles. The number of nitrogens with one attached hydrogen (secondary N) is 1. The number of hydrogen-bond acceptors (Lipinski definition) is 3. The largest absolute Gasteiger partial charge is 0.278 e. The van der Waals surface area contributed by atoms with Crippen molar-refractivity contribution in [1.29, 1.82) is 0 Å². The summed E-state index contributed by atoms with van der Waals surface area (Å²) in [4.78, 5) is 4.69. The molecule has 4 rings (SSSR count). The monoisotopic (exact) mass is 291 g/mol. The first kappa shape index (κ1) is 13.0. The summed E-state index contributed by atoms with van der Waals surface area (Å²) >= 11 is 0. The molecule has 5 nitrogen and oxygen atoms in total. The molecule has 110 valence electrons. The fourth-order valence-electron chi connectivity index (χ4n) is 2.97. The van der Waals surface area contributed by atoms with Crippen molar-refractivity contribution in [2.24, 2.45) is 0 Å². The summed E-state index contributed by atoms with van der Waals surface area (Å²) in [6, 6.07) is 6.43. The van der Waals surface area contributed by atoms with Crippen molar-refractivity contribution in [3.8, 4) is 11.1 Å². The Kier molecular flexibility index (Phi) is 2.76. The van der Waals surface area contributed by atoms with E-state index in [1.165, 1.54) is 11.1 Å². The Morgan fingerprint density at radius 3 is 2.86 bits per heavy atom. The predicted molar refractivity (Wildman–Crippen MR) is 86.9 cm³/mol. The van der Waals surface area contributed by atoms with Gasteiger partial charge in [0.15, 0.2) is 11.5 Å². The number of benzene rings is 1. The van der Waals surface area contributed by atoms with Gasteiger partial charge in [-0.15, -0.1) is 0 Å². The molecule has 0 fully saturated rings. The molecule has 22 heavy (non-hydrogen) atoms. The summed E-state index contributed by atoms with van der Waals surface area (Å²) < 4.78 is 1.87. The van der Waals surface area contributed by atoms with Gasteiger partial charge in [-0.05, 0) is 48.7 Å². The Balaban J connectivity index is 2.06. The molecule has 0 radical (unpaired) electrons. The molecular weight excluding hydrogens is 274 g/mol. The number of hydrogen-bond donors (Lipinski definition) is 1. The Bertz CT molecular complexity index is 993. The molecular formula is C17H17N5. The molecule has 0 bridgehead atoms.